The molecular formula is C23H17ClFN3O4S. The van der Waals surface area contributed by atoms with Gasteiger partial charge < -0.3 is 9.73 Å². The number of halogens is 2. The largest absolute Gasteiger partial charge is 0.436 e. The highest BCUT2D eigenvalue weighted by molar-refractivity contribution is 7.89. The Labute approximate surface area is 193 Å². The number of rotatable bonds is 5. The smallest absolute Gasteiger partial charge is 0.276 e. The summed E-state index contributed by atoms with van der Waals surface area (Å²) in [5.74, 6) is -1.30. The molecule has 0 aliphatic heterocycles. The molecule has 0 unspecified atom stereocenters. The molecule has 168 valence electrons. The Bertz CT molecular complexity index is 1550. The van der Waals surface area contributed by atoms with Crippen molar-refractivity contribution in [3.63, 3.8) is 0 Å². The third-order valence-corrected chi connectivity index (χ3v) is 6.14. The van der Waals surface area contributed by atoms with E-state index in [-0.39, 0.29) is 21.0 Å². The maximum absolute atomic E-state index is 13.4. The number of hydrogen-bond donors (Lipinski definition) is 2. The number of fused-ring (bicyclic) bond motifs is 1. The standard InChI is InChI=1S/C23H17ClFN3O4S/c1-14-5-4-7-16(11-14)26-22(29)18-12-15-6-2-3-8-21(15)32-23(18)27-28-33(30,31)17-9-10-20(25)19(24)13-17/h2-13,28H,1H3,(H,26,29). The molecule has 33 heavy (non-hydrogen) atoms. The Kier molecular flexibility index (Phi) is 6.17. The van der Waals surface area contributed by atoms with Gasteiger partial charge in [-0.2, -0.15) is 13.2 Å². The normalized spacial score (nSPS) is 12.0. The number of benzene rings is 3. The first kappa shape index (κ1) is 22.5. The van der Waals surface area contributed by atoms with Gasteiger partial charge in [0.1, 0.15) is 17.0 Å². The molecule has 3 aromatic carbocycles. The van der Waals surface area contributed by atoms with E-state index in [1.54, 1.807) is 48.5 Å². The summed E-state index contributed by atoms with van der Waals surface area (Å²) in [6.07, 6.45) is 0. The molecule has 0 fully saturated rings. The van der Waals surface area contributed by atoms with Crippen LogP contribution in [0.3, 0.4) is 0 Å². The van der Waals surface area contributed by atoms with Crippen LogP contribution in [0.15, 0.2) is 87.2 Å². The zero-order valence-electron chi connectivity index (χ0n) is 17.2. The van der Waals surface area contributed by atoms with E-state index in [1.807, 2.05) is 17.8 Å². The van der Waals surface area contributed by atoms with Gasteiger partial charge in [0.25, 0.3) is 15.9 Å². The van der Waals surface area contributed by atoms with Crippen molar-refractivity contribution in [3.8, 4) is 0 Å². The average Bonchev–Trinajstić information content (AvgIpc) is 2.79. The second kappa shape index (κ2) is 9.05. The van der Waals surface area contributed by atoms with Crippen molar-refractivity contribution in [1.29, 1.82) is 0 Å². The van der Waals surface area contributed by atoms with Crippen molar-refractivity contribution >= 4 is 44.2 Å². The molecule has 10 heteroatoms. The number of amides is 1. The van der Waals surface area contributed by atoms with Crippen LogP contribution in [-0.2, 0) is 10.0 Å². The van der Waals surface area contributed by atoms with E-state index in [0.29, 0.717) is 16.7 Å². The van der Waals surface area contributed by atoms with E-state index >= 15 is 0 Å². The van der Waals surface area contributed by atoms with Crippen LogP contribution in [0.1, 0.15) is 15.9 Å². The zero-order chi connectivity index (χ0) is 23.6. The lowest BCUT2D eigenvalue weighted by Crippen LogP contribution is -2.27. The van der Waals surface area contributed by atoms with E-state index in [1.165, 1.54) is 0 Å². The molecule has 0 radical (unpaired) electrons. The summed E-state index contributed by atoms with van der Waals surface area (Å²) in [4.78, 5) is 14.7. The highest BCUT2D eigenvalue weighted by Gasteiger charge is 2.17. The lowest BCUT2D eigenvalue weighted by atomic mass is 10.1. The van der Waals surface area contributed by atoms with Gasteiger partial charge >= 0.3 is 0 Å². The molecule has 1 amide bonds. The number of para-hydroxylation sites is 1. The quantitative estimate of drug-likeness (QED) is 0.404. The van der Waals surface area contributed by atoms with Crippen LogP contribution in [0.5, 0.6) is 0 Å². The first-order chi connectivity index (χ1) is 15.7. The molecule has 0 atom stereocenters. The lowest BCUT2D eigenvalue weighted by Gasteiger charge is -2.08. The van der Waals surface area contributed by atoms with Crippen molar-refractivity contribution in [2.45, 2.75) is 11.8 Å². The second-order valence-corrected chi connectivity index (χ2v) is 9.18. The average molecular weight is 486 g/mol. The molecule has 7 nitrogen and oxygen atoms in total. The monoisotopic (exact) mass is 485 g/mol. The van der Waals surface area contributed by atoms with Crippen LogP contribution in [0.4, 0.5) is 10.1 Å². The molecular weight excluding hydrogens is 469 g/mol. The van der Waals surface area contributed by atoms with Crippen molar-refractivity contribution in [2.75, 3.05) is 5.32 Å². The molecule has 1 heterocycles. The fraction of sp³-hybridized carbons (Fsp3) is 0.0435. The van der Waals surface area contributed by atoms with Gasteiger partial charge in [0.2, 0.25) is 5.55 Å². The van der Waals surface area contributed by atoms with E-state index in [9.17, 15) is 17.6 Å². The van der Waals surface area contributed by atoms with Gasteiger partial charge in [-0.3, -0.25) is 4.79 Å². The van der Waals surface area contributed by atoms with Gasteiger partial charge in [-0.15, -0.1) is 5.10 Å². The van der Waals surface area contributed by atoms with Crippen LogP contribution >= 0.6 is 11.6 Å². The summed E-state index contributed by atoms with van der Waals surface area (Å²) >= 11 is 5.69. The van der Waals surface area contributed by atoms with Crippen LogP contribution in [0.25, 0.3) is 11.0 Å². The van der Waals surface area contributed by atoms with Gasteiger partial charge in [-0.25, -0.2) is 4.39 Å². The molecule has 2 N–H and O–H groups in total. The van der Waals surface area contributed by atoms with E-state index in [2.05, 4.69) is 10.4 Å². The number of anilines is 1. The highest BCUT2D eigenvalue weighted by atomic mass is 35.5. The Balaban J connectivity index is 1.76. The fourth-order valence-electron chi connectivity index (χ4n) is 3.03. The minimum Gasteiger partial charge on any atom is -0.436 e. The van der Waals surface area contributed by atoms with Crippen LogP contribution in [0, 0.1) is 12.7 Å². The Morgan fingerprint density at radius 3 is 2.58 bits per heavy atom. The number of carbonyl (C=O) groups is 1. The van der Waals surface area contributed by atoms with Gasteiger partial charge in [0, 0.05) is 11.1 Å². The number of aryl methyl sites for hydroxylation is 1. The molecule has 4 rings (SSSR count). The summed E-state index contributed by atoms with van der Waals surface area (Å²) in [6, 6.07) is 18.6. The topological polar surface area (TPSA) is 101 Å². The third kappa shape index (κ3) is 5.05. The van der Waals surface area contributed by atoms with Crippen molar-refractivity contribution in [3.05, 3.63) is 100 Å². The maximum Gasteiger partial charge on any atom is 0.276 e. The molecule has 0 aliphatic carbocycles. The minimum atomic E-state index is -4.22. The van der Waals surface area contributed by atoms with Crippen molar-refractivity contribution < 1.29 is 22.0 Å². The van der Waals surface area contributed by atoms with E-state index in [4.69, 9.17) is 16.0 Å². The molecule has 0 aliphatic rings. The number of nitrogens with zero attached hydrogens (tertiary/aromatic N) is 1. The number of carbonyl (C=O) groups excluding carboxylic acids is 1. The Morgan fingerprint density at radius 2 is 1.82 bits per heavy atom. The van der Waals surface area contributed by atoms with Crippen molar-refractivity contribution in [1.82, 2.24) is 4.83 Å². The van der Waals surface area contributed by atoms with E-state index < -0.39 is 21.7 Å². The summed E-state index contributed by atoms with van der Waals surface area (Å²) in [7, 11) is -4.22. The van der Waals surface area contributed by atoms with Crippen LogP contribution in [-0.4, -0.2) is 14.3 Å². The zero-order valence-corrected chi connectivity index (χ0v) is 18.7. The van der Waals surface area contributed by atoms with E-state index in [0.717, 1.165) is 23.8 Å². The number of hydrogen-bond acceptors (Lipinski definition) is 5. The molecule has 1 aromatic heterocycles. The molecule has 0 saturated heterocycles. The predicted octanol–water partition coefficient (Wildman–Crippen LogP) is 4.58. The minimum absolute atomic E-state index is 0.00930. The first-order valence-electron chi connectivity index (χ1n) is 9.64. The van der Waals surface area contributed by atoms with Gasteiger partial charge in [0.15, 0.2) is 0 Å². The van der Waals surface area contributed by atoms with Crippen LogP contribution < -0.4 is 15.7 Å². The number of nitrogens with one attached hydrogen (secondary N) is 2. The lowest BCUT2D eigenvalue weighted by molar-refractivity contribution is 0.102. The molecule has 0 spiro atoms. The Morgan fingerprint density at radius 1 is 1.03 bits per heavy atom. The molecule has 4 aromatic rings. The predicted molar refractivity (Wildman–Crippen MR) is 123 cm³/mol. The van der Waals surface area contributed by atoms with Gasteiger partial charge in [-0.05, 0) is 55.0 Å². The molecule has 0 saturated carbocycles. The first-order valence-corrected chi connectivity index (χ1v) is 11.5. The second-order valence-electron chi connectivity index (χ2n) is 7.11. The van der Waals surface area contributed by atoms with Crippen molar-refractivity contribution in [2.24, 2.45) is 5.10 Å². The summed E-state index contributed by atoms with van der Waals surface area (Å²) in [5.41, 5.74) is 1.66. The van der Waals surface area contributed by atoms with Crippen LogP contribution in [0.2, 0.25) is 5.02 Å². The maximum atomic E-state index is 13.4. The summed E-state index contributed by atoms with van der Waals surface area (Å²) in [5, 5.41) is 6.85. The fourth-order valence-corrected chi connectivity index (χ4v) is 4.11. The van der Waals surface area contributed by atoms with Gasteiger partial charge in [0.05, 0.1) is 9.92 Å². The molecule has 0 bridgehead atoms. The summed E-state index contributed by atoms with van der Waals surface area (Å²) < 4.78 is 44.3. The SMILES string of the molecule is Cc1cccc(NC(=O)c2cc3ccccc3oc2=NNS(=O)(=O)c2ccc(F)c(Cl)c2)c1. The third-order valence-electron chi connectivity index (χ3n) is 4.65. The highest BCUT2D eigenvalue weighted by Crippen LogP contribution is 2.19. The summed E-state index contributed by atoms with van der Waals surface area (Å²) in [6.45, 7) is 1.89. The Hall–Kier alpha value is -3.69. The van der Waals surface area contributed by atoms with Gasteiger partial charge in [-0.1, -0.05) is 41.9 Å². The number of sulfonamides is 1.